The molecule has 230 valence electrons. The molecule has 1 aliphatic carbocycles. The first kappa shape index (κ1) is 31.1. The normalized spacial score (nSPS) is 20.8. The molecule has 1 saturated heterocycles. The molecule has 2 fully saturated rings. The van der Waals surface area contributed by atoms with E-state index in [0.717, 1.165) is 49.4 Å². The molecule has 11 heteroatoms. The van der Waals surface area contributed by atoms with Crippen LogP contribution < -0.4 is 5.32 Å². The lowest BCUT2D eigenvalue weighted by molar-refractivity contribution is -0.186. The van der Waals surface area contributed by atoms with Gasteiger partial charge in [0, 0.05) is 37.1 Å². The van der Waals surface area contributed by atoms with Crippen molar-refractivity contribution in [3.8, 4) is 0 Å². The minimum atomic E-state index is -0.750. The molecule has 1 aliphatic heterocycles. The van der Waals surface area contributed by atoms with E-state index in [1.54, 1.807) is 11.3 Å². The van der Waals surface area contributed by atoms with Crippen LogP contribution in [-0.2, 0) is 37.4 Å². The molecule has 0 unspecified atom stereocenters. The Morgan fingerprint density at radius 1 is 1.07 bits per heavy atom. The van der Waals surface area contributed by atoms with Crippen molar-refractivity contribution in [1.29, 1.82) is 0 Å². The predicted octanol–water partition coefficient (Wildman–Crippen LogP) is 5.48. The molecule has 0 bridgehead atoms. The maximum absolute atomic E-state index is 15.2. The van der Waals surface area contributed by atoms with Gasteiger partial charge in [-0.25, -0.2) is 4.39 Å². The highest BCUT2D eigenvalue weighted by atomic mass is 35.5. The second-order valence-electron chi connectivity index (χ2n) is 11.3. The first-order valence-electron chi connectivity index (χ1n) is 14.7. The van der Waals surface area contributed by atoms with E-state index in [0.29, 0.717) is 18.7 Å². The lowest BCUT2D eigenvalue weighted by Crippen LogP contribution is -2.37. The molecule has 1 atom stereocenters. The number of halogens is 2. The van der Waals surface area contributed by atoms with Crippen LogP contribution in [0.15, 0.2) is 42.6 Å². The SMILES string of the molecule is COC(=O)[C@H]1CC[C@H](OC[C@H]2CCCN2OCC(=O)Cc2ccc(NC(=O)c3cn(C)c4ccccc34)c(Cl)c2F)CC1. The third kappa shape index (κ3) is 7.26. The standard InChI is InChI=1S/C32H37ClFN3O6/c1-36-17-26(25-7-3-4-8-28(25)36)31(39)35-27-14-11-21(30(34)29(27)33)16-23(38)19-43-37-15-5-6-22(37)18-42-24-12-9-20(10-13-24)32(40)41-2/h3-4,7-8,11,14,17,20,22,24H,5-6,9-10,12-13,15-16,18-19H2,1-2H3,(H,35,39)/t20-,22-,24-/m1/s1. The zero-order valence-electron chi connectivity index (χ0n) is 24.4. The number of Topliss-reactive ketones (excluding diaryl/α,β-unsaturated/α-hetero) is 1. The summed E-state index contributed by atoms with van der Waals surface area (Å²) in [6.07, 6.45) is 6.57. The molecule has 1 aromatic heterocycles. The van der Waals surface area contributed by atoms with Gasteiger partial charge in [-0.2, -0.15) is 5.06 Å². The number of nitrogens with one attached hydrogen (secondary N) is 1. The number of para-hydroxylation sites is 1. The van der Waals surface area contributed by atoms with Crippen molar-refractivity contribution in [2.24, 2.45) is 13.0 Å². The molecule has 2 heterocycles. The number of esters is 1. The molecule has 0 spiro atoms. The van der Waals surface area contributed by atoms with Gasteiger partial charge >= 0.3 is 5.97 Å². The van der Waals surface area contributed by atoms with Crippen LogP contribution in [0.4, 0.5) is 10.1 Å². The molecule has 9 nitrogen and oxygen atoms in total. The number of nitrogens with zero attached hydrogens (tertiary/aromatic N) is 2. The smallest absolute Gasteiger partial charge is 0.308 e. The van der Waals surface area contributed by atoms with E-state index in [2.05, 4.69) is 5.32 Å². The molecule has 0 radical (unpaired) electrons. The number of rotatable bonds is 11. The highest BCUT2D eigenvalue weighted by Crippen LogP contribution is 2.30. The van der Waals surface area contributed by atoms with E-state index >= 15 is 4.39 Å². The number of amides is 1. The summed E-state index contributed by atoms with van der Waals surface area (Å²) >= 11 is 6.28. The summed E-state index contributed by atoms with van der Waals surface area (Å²) in [5.41, 5.74) is 1.60. The first-order chi connectivity index (χ1) is 20.7. The number of ether oxygens (including phenoxy) is 2. The zero-order valence-corrected chi connectivity index (χ0v) is 25.2. The number of fused-ring (bicyclic) bond motifs is 1. The number of hydrogen-bond donors (Lipinski definition) is 1. The third-order valence-electron chi connectivity index (χ3n) is 8.39. The van der Waals surface area contributed by atoms with Crippen LogP contribution >= 0.6 is 11.6 Å². The van der Waals surface area contributed by atoms with Crippen molar-refractivity contribution < 1.29 is 33.1 Å². The lowest BCUT2D eigenvalue weighted by atomic mass is 9.87. The second-order valence-corrected chi connectivity index (χ2v) is 11.7. The summed E-state index contributed by atoms with van der Waals surface area (Å²) in [4.78, 5) is 43.3. The maximum atomic E-state index is 15.2. The fourth-order valence-electron chi connectivity index (χ4n) is 5.98. The van der Waals surface area contributed by atoms with Crippen molar-refractivity contribution in [3.63, 3.8) is 0 Å². The van der Waals surface area contributed by atoms with Gasteiger partial charge in [0.05, 0.1) is 43.0 Å². The quantitative estimate of drug-likeness (QED) is 0.286. The molecule has 1 amide bonds. The van der Waals surface area contributed by atoms with Crippen LogP contribution in [0.3, 0.4) is 0 Å². The number of hydrogen-bond acceptors (Lipinski definition) is 7. The van der Waals surface area contributed by atoms with E-state index in [4.69, 9.17) is 25.9 Å². The van der Waals surface area contributed by atoms with Crippen molar-refractivity contribution >= 4 is 45.9 Å². The van der Waals surface area contributed by atoms with Crippen LogP contribution in [0.5, 0.6) is 0 Å². The van der Waals surface area contributed by atoms with Crippen molar-refractivity contribution in [1.82, 2.24) is 9.63 Å². The van der Waals surface area contributed by atoms with Crippen LogP contribution in [-0.4, -0.2) is 66.3 Å². The van der Waals surface area contributed by atoms with E-state index < -0.39 is 11.7 Å². The monoisotopic (exact) mass is 613 g/mol. The van der Waals surface area contributed by atoms with Gasteiger partial charge in [0.2, 0.25) is 0 Å². The van der Waals surface area contributed by atoms with Crippen LogP contribution in [0.2, 0.25) is 5.02 Å². The van der Waals surface area contributed by atoms with Gasteiger partial charge in [-0.05, 0) is 56.2 Å². The summed E-state index contributed by atoms with van der Waals surface area (Å²) in [6, 6.07) is 10.5. The minimum absolute atomic E-state index is 0.0296. The Balaban J connectivity index is 1.10. The highest BCUT2D eigenvalue weighted by Gasteiger charge is 2.31. The summed E-state index contributed by atoms with van der Waals surface area (Å²) in [5.74, 6) is -1.66. The number of benzene rings is 2. The van der Waals surface area contributed by atoms with Crippen LogP contribution in [0.25, 0.3) is 10.9 Å². The average molecular weight is 614 g/mol. The molecular weight excluding hydrogens is 577 g/mol. The van der Waals surface area contributed by atoms with Gasteiger partial charge in [-0.15, -0.1) is 0 Å². The van der Waals surface area contributed by atoms with Crippen LogP contribution in [0.1, 0.15) is 54.4 Å². The zero-order chi connectivity index (χ0) is 30.5. The van der Waals surface area contributed by atoms with E-state index in [1.807, 2.05) is 35.9 Å². The molecule has 1 saturated carbocycles. The van der Waals surface area contributed by atoms with Crippen LogP contribution in [0, 0.1) is 11.7 Å². The number of methoxy groups -OCH3 is 1. The Kier molecular flexibility index (Phi) is 10.1. The number of hydroxylamine groups is 2. The van der Waals surface area contributed by atoms with Crippen molar-refractivity contribution in [2.75, 3.05) is 32.2 Å². The largest absolute Gasteiger partial charge is 0.469 e. The van der Waals surface area contributed by atoms with Gasteiger partial charge < -0.3 is 19.4 Å². The number of carbonyl (C=O) groups is 3. The van der Waals surface area contributed by atoms with Gasteiger partial charge in [-0.3, -0.25) is 19.2 Å². The second kappa shape index (κ2) is 14.0. The molecule has 5 rings (SSSR count). The van der Waals surface area contributed by atoms with Gasteiger partial charge in [-0.1, -0.05) is 35.9 Å². The molecule has 2 aliphatic rings. The Bertz CT molecular complexity index is 1490. The number of anilines is 1. The molecule has 43 heavy (non-hydrogen) atoms. The van der Waals surface area contributed by atoms with Crippen molar-refractivity contribution in [3.05, 3.63) is 64.6 Å². The Hall–Kier alpha value is -3.31. The number of ketones is 1. The van der Waals surface area contributed by atoms with Gasteiger partial charge in [0.1, 0.15) is 17.4 Å². The van der Waals surface area contributed by atoms with Crippen molar-refractivity contribution in [2.45, 2.75) is 57.1 Å². The average Bonchev–Trinajstić information content (AvgIpc) is 3.62. The lowest BCUT2D eigenvalue weighted by Gasteiger charge is -2.29. The highest BCUT2D eigenvalue weighted by molar-refractivity contribution is 6.34. The Labute approximate surface area is 255 Å². The topological polar surface area (TPSA) is 99.1 Å². The molecule has 1 N–H and O–H groups in total. The fraction of sp³-hybridized carbons (Fsp3) is 0.469. The number of aromatic nitrogens is 1. The van der Waals surface area contributed by atoms with E-state index in [1.165, 1.54) is 19.2 Å². The van der Waals surface area contributed by atoms with Gasteiger partial charge in [0.25, 0.3) is 5.91 Å². The molecule has 2 aromatic carbocycles. The predicted molar refractivity (Wildman–Crippen MR) is 160 cm³/mol. The number of carbonyl (C=O) groups excluding carboxylic acids is 3. The Morgan fingerprint density at radius 3 is 2.60 bits per heavy atom. The molecule has 3 aromatic rings. The first-order valence-corrected chi connectivity index (χ1v) is 15.1. The summed E-state index contributed by atoms with van der Waals surface area (Å²) in [7, 11) is 3.27. The molecular formula is C32H37ClFN3O6. The summed E-state index contributed by atoms with van der Waals surface area (Å²) < 4.78 is 28.0. The minimum Gasteiger partial charge on any atom is -0.469 e. The maximum Gasteiger partial charge on any atom is 0.308 e. The third-order valence-corrected chi connectivity index (χ3v) is 8.76. The number of aryl methyl sites for hydroxylation is 1. The van der Waals surface area contributed by atoms with Gasteiger partial charge in [0.15, 0.2) is 5.78 Å². The van der Waals surface area contributed by atoms with E-state index in [9.17, 15) is 14.4 Å². The summed E-state index contributed by atoms with van der Waals surface area (Å²) in [6.45, 7) is 0.969. The summed E-state index contributed by atoms with van der Waals surface area (Å²) in [5, 5.41) is 5.00. The Morgan fingerprint density at radius 2 is 1.84 bits per heavy atom. The fourth-order valence-corrected chi connectivity index (χ4v) is 6.21. The van der Waals surface area contributed by atoms with E-state index in [-0.39, 0.29) is 59.1 Å².